The summed E-state index contributed by atoms with van der Waals surface area (Å²) in [6.07, 6.45) is 1.40. The molecule has 1 heterocycles. The lowest BCUT2D eigenvalue weighted by Gasteiger charge is -2.19. The standard InChI is InChI=1S/C21H35N5O3S.HI/c1-5-20(27)26-12-11-19(14-26)24-21(22-6-2)23-13-17-9-7-8-10-18(17)15-30(28,29)25-16(3)4;/h7-10,16,19,25H,5-6,11-15H2,1-4H3,(H2,22,23,24);1H. The number of benzene rings is 1. The summed E-state index contributed by atoms with van der Waals surface area (Å²) in [5.74, 6) is 0.773. The first-order valence-electron chi connectivity index (χ1n) is 10.6. The lowest BCUT2D eigenvalue weighted by Crippen LogP contribution is -2.45. The first-order chi connectivity index (χ1) is 14.2. The quantitative estimate of drug-likeness (QED) is 0.242. The van der Waals surface area contributed by atoms with Crippen LogP contribution in [-0.4, -0.2) is 56.9 Å². The number of halogens is 1. The fourth-order valence-electron chi connectivity index (χ4n) is 3.46. The molecule has 1 aromatic rings. The molecule has 8 nitrogen and oxygen atoms in total. The normalized spacial score (nSPS) is 16.9. The highest BCUT2D eigenvalue weighted by atomic mass is 127. The van der Waals surface area contributed by atoms with Gasteiger partial charge in [-0.2, -0.15) is 0 Å². The van der Waals surface area contributed by atoms with E-state index in [0.29, 0.717) is 32.0 Å². The Hall–Kier alpha value is -1.40. The molecule has 0 aromatic heterocycles. The highest BCUT2D eigenvalue weighted by molar-refractivity contribution is 14.0. The Morgan fingerprint density at radius 2 is 1.90 bits per heavy atom. The number of amides is 1. The van der Waals surface area contributed by atoms with Gasteiger partial charge in [-0.15, -0.1) is 24.0 Å². The number of carbonyl (C=O) groups is 1. The number of nitrogens with zero attached hydrogens (tertiary/aromatic N) is 2. The van der Waals surface area contributed by atoms with Gasteiger partial charge in [-0.05, 0) is 38.3 Å². The Bertz CT molecular complexity index is 845. The van der Waals surface area contributed by atoms with Gasteiger partial charge in [0.15, 0.2) is 5.96 Å². The number of aliphatic imine (C=N–C) groups is 1. The molecule has 1 saturated heterocycles. The molecule has 1 amide bonds. The molecular weight excluding hydrogens is 529 g/mol. The summed E-state index contributed by atoms with van der Waals surface area (Å²) in [4.78, 5) is 18.4. The summed E-state index contributed by atoms with van der Waals surface area (Å²) in [5.41, 5.74) is 1.61. The predicted molar refractivity (Wildman–Crippen MR) is 136 cm³/mol. The Kier molecular flexibility index (Phi) is 11.8. The van der Waals surface area contributed by atoms with Gasteiger partial charge >= 0.3 is 0 Å². The molecule has 1 aliphatic rings. The number of hydrogen-bond donors (Lipinski definition) is 3. The molecule has 31 heavy (non-hydrogen) atoms. The lowest BCUT2D eigenvalue weighted by atomic mass is 10.1. The van der Waals surface area contributed by atoms with Crippen molar-refractivity contribution in [3.8, 4) is 0 Å². The SMILES string of the molecule is CCNC(=NCc1ccccc1CS(=O)(=O)NC(C)C)NC1CCN(C(=O)CC)C1.I. The zero-order valence-corrected chi connectivity index (χ0v) is 22.0. The summed E-state index contributed by atoms with van der Waals surface area (Å²) in [7, 11) is -3.41. The molecule has 1 fully saturated rings. The van der Waals surface area contributed by atoms with Crippen LogP contribution in [0.2, 0.25) is 0 Å². The number of hydrogen-bond acceptors (Lipinski definition) is 4. The van der Waals surface area contributed by atoms with E-state index in [0.717, 1.165) is 24.1 Å². The number of rotatable bonds is 9. The molecule has 1 aliphatic heterocycles. The van der Waals surface area contributed by atoms with Crippen molar-refractivity contribution >= 4 is 45.9 Å². The van der Waals surface area contributed by atoms with E-state index in [4.69, 9.17) is 0 Å². The minimum atomic E-state index is -3.41. The van der Waals surface area contributed by atoms with Crippen LogP contribution < -0.4 is 15.4 Å². The summed E-state index contributed by atoms with van der Waals surface area (Å²) in [5, 5.41) is 6.64. The number of sulfonamides is 1. The minimum absolute atomic E-state index is 0. The van der Waals surface area contributed by atoms with Crippen LogP contribution in [0.25, 0.3) is 0 Å². The Balaban J connectivity index is 0.00000480. The molecule has 3 N–H and O–H groups in total. The van der Waals surface area contributed by atoms with E-state index in [1.54, 1.807) is 13.8 Å². The van der Waals surface area contributed by atoms with Gasteiger partial charge in [0.05, 0.1) is 12.3 Å². The zero-order chi connectivity index (χ0) is 22.1. The van der Waals surface area contributed by atoms with Gasteiger partial charge in [0, 0.05) is 38.1 Å². The molecule has 1 aromatic carbocycles. The second kappa shape index (κ2) is 13.2. The second-order valence-corrected chi connectivity index (χ2v) is 9.57. The maximum atomic E-state index is 12.3. The minimum Gasteiger partial charge on any atom is -0.357 e. The van der Waals surface area contributed by atoms with Crippen molar-refractivity contribution in [1.82, 2.24) is 20.3 Å². The van der Waals surface area contributed by atoms with Gasteiger partial charge in [0.1, 0.15) is 0 Å². The maximum absolute atomic E-state index is 12.3. The molecule has 0 radical (unpaired) electrons. The number of guanidine groups is 1. The lowest BCUT2D eigenvalue weighted by molar-refractivity contribution is -0.129. The summed E-state index contributed by atoms with van der Waals surface area (Å²) in [6, 6.07) is 7.48. The molecular formula is C21H36IN5O3S. The molecule has 10 heteroatoms. The summed E-state index contributed by atoms with van der Waals surface area (Å²) < 4.78 is 27.3. The summed E-state index contributed by atoms with van der Waals surface area (Å²) in [6.45, 7) is 10.00. The van der Waals surface area contributed by atoms with Crippen molar-refractivity contribution in [2.24, 2.45) is 4.99 Å². The summed E-state index contributed by atoms with van der Waals surface area (Å²) >= 11 is 0. The van der Waals surface area contributed by atoms with Crippen LogP contribution in [0.15, 0.2) is 29.3 Å². The average molecular weight is 566 g/mol. The average Bonchev–Trinajstić information content (AvgIpc) is 3.14. The van der Waals surface area contributed by atoms with Crippen LogP contribution in [0.3, 0.4) is 0 Å². The highest BCUT2D eigenvalue weighted by Crippen LogP contribution is 2.14. The molecule has 0 saturated carbocycles. The van der Waals surface area contributed by atoms with E-state index in [9.17, 15) is 13.2 Å². The van der Waals surface area contributed by atoms with E-state index in [1.165, 1.54) is 0 Å². The van der Waals surface area contributed by atoms with Crippen LogP contribution >= 0.6 is 24.0 Å². The third kappa shape index (κ3) is 9.32. The molecule has 0 aliphatic carbocycles. The number of nitrogens with one attached hydrogen (secondary N) is 3. The largest absolute Gasteiger partial charge is 0.357 e. The van der Waals surface area contributed by atoms with Gasteiger partial charge in [-0.1, -0.05) is 31.2 Å². The van der Waals surface area contributed by atoms with Crippen LogP contribution in [0.1, 0.15) is 51.7 Å². The Labute approximate surface area is 203 Å². The van der Waals surface area contributed by atoms with Gasteiger partial charge in [-0.3, -0.25) is 4.79 Å². The number of carbonyl (C=O) groups excluding carboxylic acids is 1. The molecule has 1 atom stereocenters. The van der Waals surface area contributed by atoms with Crippen molar-refractivity contribution in [3.63, 3.8) is 0 Å². The van der Waals surface area contributed by atoms with Crippen molar-refractivity contribution in [1.29, 1.82) is 0 Å². The van der Waals surface area contributed by atoms with Crippen LogP contribution in [0, 0.1) is 0 Å². The third-order valence-corrected chi connectivity index (χ3v) is 6.34. The van der Waals surface area contributed by atoms with Crippen molar-refractivity contribution < 1.29 is 13.2 Å². The Morgan fingerprint density at radius 3 is 2.52 bits per heavy atom. The van der Waals surface area contributed by atoms with Gasteiger partial charge in [0.25, 0.3) is 0 Å². The van der Waals surface area contributed by atoms with Gasteiger partial charge in [0.2, 0.25) is 15.9 Å². The molecule has 0 bridgehead atoms. The fraction of sp³-hybridized carbons (Fsp3) is 0.619. The highest BCUT2D eigenvalue weighted by Gasteiger charge is 2.25. The smallest absolute Gasteiger partial charge is 0.222 e. The molecule has 176 valence electrons. The maximum Gasteiger partial charge on any atom is 0.222 e. The molecule has 0 spiro atoms. The fourth-order valence-corrected chi connectivity index (χ4v) is 4.96. The first kappa shape index (κ1) is 27.6. The zero-order valence-electron chi connectivity index (χ0n) is 18.8. The Morgan fingerprint density at radius 1 is 1.23 bits per heavy atom. The van der Waals surface area contributed by atoms with E-state index >= 15 is 0 Å². The number of likely N-dealkylation sites (tertiary alicyclic amines) is 1. The molecule has 2 rings (SSSR count). The van der Waals surface area contributed by atoms with Crippen LogP contribution in [0.5, 0.6) is 0 Å². The van der Waals surface area contributed by atoms with E-state index < -0.39 is 10.0 Å². The molecule has 1 unspecified atom stereocenters. The van der Waals surface area contributed by atoms with E-state index in [1.807, 2.05) is 43.0 Å². The van der Waals surface area contributed by atoms with Crippen molar-refractivity contribution in [2.75, 3.05) is 19.6 Å². The van der Waals surface area contributed by atoms with Crippen LogP contribution in [0.4, 0.5) is 0 Å². The second-order valence-electron chi connectivity index (χ2n) is 7.82. The predicted octanol–water partition coefficient (Wildman–Crippen LogP) is 2.20. The third-order valence-electron chi connectivity index (χ3n) is 4.82. The van der Waals surface area contributed by atoms with Gasteiger partial charge in [-0.25, -0.2) is 18.1 Å². The van der Waals surface area contributed by atoms with Crippen molar-refractivity contribution in [2.45, 2.75) is 64.9 Å². The monoisotopic (exact) mass is 565 g/mol. The van der Waals surface area contributed by atoms with Crippen molar-refractivity contribution in [3.05, 3.63) is 35.4 Å². The van der Waals surface area contributed by atoms with E-state index in [-0.39, 0.29) is 47.7 Å². The van der Waals surface area contributed by atoms with Crippen LogP contribution in [-0.2, 0) is 27.1 Å². The van der Waals surface area contributed by atoms with Gasteiger partial charge < -0.3 is 15.5 Å². The topological polar surface area (TPSA) is 103 Å². The first-order valence-corrected chi connectivity index (χ1v) is 12.3. The van der Waals surface area contributed by atoms with E-state index in [2.05, 4.69) is 20.3 Å².